The minimum atomic E-state index is -0.240. The molecule has 0 unspecified atom stereocenters. The van der Waals surface area contributed by atoms with Gasteiger partial charge >= 0.3 is 0 Å². The summed E-state index contributed by atoms with van der Waals surface area (Å²) in [5.41, 5.74) is 0.950. The van der Waals surface area contributed by atoms with E-state index in [0.29, 0.717) is 22.3 Å². The van der Waals surface area contributed by atoms with Crippen LogP contribution in [0.1, 0.15) is 19.4 Å². The molecule has 24 heavy (non-hydrogen) atoms. The summed E-state index contributed by atoms with van der Waals surface area (Å²) in [7, 11) is 0. The summed E-state index contributed by atoms with van der Waals surface area (Å²) in [6, 6.07) is 12.4. The molecule has 0 radical (unpaired) electrons. The zero-order chi connectivity index (χ0) is 17.5. The van der Waals surface area contributed by atoms with Crippen molar-refractivity contribution in [3.63, 3.8) is 0 Å². The van der Waals surface area contributed by atoms with Crippen LogP contribution in [0.15, 0.2) is 42.5 Å². The van der Waals surface area contributed by atoms with Crippen LogP contribution in [0.25, 0.3) is 0 Å². The lowest BCUT2D eigenvalue weighted by molar-refractivity contribution is -0.123. The molecule has 2 aromatic carbocycles. The van der Waals surface area contributed by atoms with Gasteiger partial charge < -0.3 is 14.8 Å². The number of benzene rings is 2. The molecule has 0 saturated heterocycles. The van der Waals surface area contributed by atoms with E-state index >= 15 is 0 Å². The van der Waals surface area contributed by atoms with Crippen molar-refractivity contribution in [2.24, 2.45) is 0 Å². The van der Waals surface area contributed by atoms with Crippen LogP contribution in [0.4, 0.5) is 0 Å². The SMILES string of the molecule is CC(C)Oc1cccc(CNC(=O)COc2ccc(Cl)cc2Cl)c1. The Hall–Kier alpha value is -1.91. The monoisotopic (exact) mass is 367 g/mol. The summed E-state index contributed by atoms with van der Waals surface area (Å²) < 4.78 is 11.0. The molecule has 0 bridgehead atoms. The molecule has 0 aromatic heterocycles. The second-order valence-corrected chi connectivity index (χ2v) is 6.30. The lowest BCUT2D eigenvalue weighted by atomic mass is 10.2. The summed E-state index contributed by atoms with van der Waals surface area (Å²) in [6.07, 6.45) is 0.104. The minimum absolute atomic E-state index is 0.104. The lowest BCUT2D eigenvalue weighted by Gasteiger charge is -2.12. The van der Waals surface area contributed by atoms with E-state index in [1.807, 2.05) is 38.1 Å². The zero-order valence-electron chi connectivity index (χ0n) is 13.5. The maximum Gasteiger partial charge on any atom is 0.258 e. The third-order valence-corrected chi connectivity index (χ3v) is 3.54. The van der Waals surface area contributed by atoms with Crippen LogP contribution in [-0.4, -0.2) is 18.6 Å². The van der Waals surface area contributed by atoms with E-state index in [4.69, 9.17) is 32.7 Å². The normalized spacial score (nSPS) is 10.5. The molecule has 0 aliphatic carbocycles. The summed E-state index contributed by atoms with van der Waals surface area (Å²) in [6.45, 7) is 4.21. The second-order valence-electron chi connectivity index (χ2n) is 5.45. The van der Waals surface area contributed by atoms with Crippen LogP contribution in [0, 0.1) is 0 Å². The van der Waals surface area contributed by atoms with Crippen molar-refractivity contribution in [1.29, 1.82) is 0 Å². The summed E-state index contributed by atoms with van der Waals surface area (Å²) in [5.74, 6) is 0.959. The van der Waals surface area contributed by atoms with Crippen LogP contribution < -0.4 is 14.8 Å². The fourth-order valence-corrected chi connectivity index (χ4v) is 2.45. The first-order valence-corrected chi connectivity index (χ1v) is 8.30. The van der Waals surface area contributed by atoms with Crippen molar-refractivity contribution < 1.29 is 14.3 Å². The summed E-state index contributed by atoms with van der Waals surface area (Å²) in [4.78, 5) is 11.9. The van der Waals surface area contributed by atoms with Gasteiger partial charge in [0.2, 0.25) is 0 Å². The third kappa shape index (κ3) is 5.95. The average molecular weight is 368 g/mol. The number of carbonyl (C=O) groups is 1. The highest BCUT2D eigenvalue weighted by atomic mass is 35.5. The maximum absolute atomic E-state index is 11.9. The van der Waals surface area contributed by atoms with Gasteiger partial charge in [-0.15, -0.1) is 0 Å². The van der Waals surface area contributed by atoms with E-state index in [-0.39, 0.29) is 18.6 Å². The van der Waals surface area contributed by atoms with Crippen molar-refractivity contribution in [1.82, 2.24) is 5.32 Å². The first-order chi connectivity index (χ1) is 11.4. The first kappa shape index (κ1) is 18.4. The molecule has 4 nitrogen and oxygen atoms in total. The van der Waals surface area contributed by atoms with Gasteiger partial charge in [0, 0.05) is 11.6 Å². The van der Waals surface area contributed by atoms with E-state index in [2.05, 4.69) is 5.32 Å². The van der Waals surface area contributed by atoms with Crippen LogP contribution >= 0.6 is 23.2 Å². The predicted molar refractivity (Wildman–Crippen MR) is 96.0 cm³/mol. The molecule has 2 aromatic rings. The largest absolute Gasteiger partial charge is 0.491 e. The molecule has 0 aliphatic heterocycles. The Bertz CT molecular complexity index is 704. The smallest absolute Gasteiger partial charge is 0.258 e. The van der Waals surface area contributed by atoms with Gasteiger partial charge in [0.05, 0.1) is 11.1 Å². The van der Waals surface area contributed by atoms with Gasteiger partial charge in [-0.1, -0.05) is 35.3 Å². The van der Waals surface area contributed by atoms with Crippen molar-refractivity contribution in [2.45, 2.75) is 26.5 Å². The molecule has 0 spiro atoms. The predicted octanol–water partition coefficient (Wildman–Crippen LogP) is 4.48. The summed E-state index contributed by atoms with van der Waals surface area (Å²) >= 11 is 11.8. The van der Waals surface area contributed by atoms with E-state index < -0.39 is 0 Å². The molecule has 0 atom stereocenters. The molecule has 128 valence electrons. The lowest BCUT2D eigenvalue weighted by Crippen LogP contribution is -2.28. The Morgan fingerprint density at radius 3 is 2.67 bits per heavy atom. The topological polar surface area (TPSA) is 47.6 Å². The van der Waals surface area contributed by atoms with E-state index in [0.717, 1.165) is 11.3 Å². The van der Waals surface area contributed by atoms with Gasteiger partial charge in [-0.25, -0.2) is 0 Å². The van der Waals surface area contributed by atoms with Gasteiger partial charge in [0.15, 0.2) is 6.61 Å². The quantitative estimate of drug-likeness (QED) is 0.784. The Morgan fingerprint density at radius 2 is 1.96 bits per heavy atom. The Balaban J connectivity index is 1.82. The van der Waals surface area contributed by atoms with Crippen molar-refractivity contribution in [3.05, 3.63) is 58.1 Å². The van der Waals surface area contributed by atoms with Gasteiger partial charge in [0.25, 0.3) is 5.91 Å². The average Bonchev–Trinajstić information content (AvgIpc) is 2.52. The van der Waals surface area contributed by atoms with E-state index in [9.17, 15) is 4.79 Å². The minimum Gasteiger partial charge on any atom is -0.491 e. The highest BCUT2D eigenvalue weighted by Crippen LogP contribution is 2.27. The molecule has 2 rings (SSSR count). The standard InChI is InChI=1S/C18H19Cl2NO3/c1-12(2)24-15-5-3-4-13(8-15)10-21-18(22)11-23-17-7-6-14(19)9-16(17)20/h3-9,12H,10-11H2,1-2H3,(H,21,22). The molecule has 1 amide bonds. The number of ether oxygens (including phenoxy) is 2. The molecule has 6 heteroatoms. The molecule has 1 N–H and O–H groups in total. The molecule has 0 heterocycles. The molecular weight excluding hydrogens is 349 g/mol. The molecule has 0 aliphatic rings. The van der Waals surface area contributed by atoms with Crippen molar-refractivity contribution >= 4 is 29.1 Å². The highest BCUT2D eigenvalue weighted by Gasteiger charge is 2.07. The fraction of sp³-hybridized carbons (Fsp3) is 0.278. The molecule has 0 fully saturated rings. The molecule has 0 saturated carbocycles. The zero-order valence-corrected chi connectivity index (χ0v) is 15.0. The van der Waals surface area contributed by atoms with Crippen LogP contribution in [0.5, 0.6) is 11.5 Å². The van der Waals surface area contributed by atoms with Crippen molar-refractivity contribution in [3.8, 4) is 11.5 Å². The van der Waals surface area contributed by atoms with E-state index in [1.54, 1.807) is 18.2 Å². The fourth-order valence-electron chi connectivity index (χ4n) is 1.99. The molecular formula is C18H19Cl2NO3. The van der Waals surface area contributed by atoms with Crippen molar-refractivity contribution in [2.75, 3.05) is 6.61 Å². The number of hydrogen-bond donors (Lipinski definition) is 1. The Kier molecular flexibility index (Phi) is 6.76. The number of rotatable bonds is 7. The van der Waals surface area contributed by atoms with E-state index in [1.165, 1.54) is 0 Å². The third-order valence-electron chi connectivity index (χ3n) is 3.01. The first-order valence-electron chi connectivity index (χ1n) is 7.54. The number of amides is 1. The second kappa shape index (κ2) is 8.81. The van der Waals surface area contributed by atoms with Crippen LogP contribution in [0.3, 0.4) is 0 Å². The summed E-state index contributed by atoms with van der Waals surface area (Å²) in [5, 5.41) is 3.68. The number of halogens is 2. The highest BCUT2D eigenvalue weighted by molar-refractivity contribution is 6.35. The van der Waals surface area contributed by atoms with Gasteiger partial charge in [-0.05, 0) is 49.7 Å². The number of nitrogens with one attached hydrogen (secondary N) is 1. The maximum atomic E-state index is 11.9. The Morgan fingerprint density at radius 1 is 1.17 bits per heavy atom. The van der Waals surface area contributed by atoms with Gasteiger partial charge in [-0.2, -0.15) is 0 Å². The van der Waals surface area contributed by atoms with Crippen LogP contribution in [-0.2, 0) is 11.3 Å². The number of carbonyl (C=O) groups excluding carboxylic acids is 1. The van der Waals surface area contributed by atoms with Gasteiger partial charge in [-0.3, -0.25) is 4.79 Å². The Labute approximate surface area is 151 Å². The van der Waals surface area contributed by atoms with Crippen LogP contribution in [0.2, 0.25) is 10.0 Å². The van der Waals surface area contributed by atoms with Gasteiger partial charge in [0.1, 0.15) is 11.5 Å². The number of hydrogen-bond acceptors (Lipinski definition) is 3.